The van der Waals surface area contributed by atoms with Gasteiger partial charge in [0.2, 0.25) is 0 Å². The maximum atomic E-state index is 6.59. The fraction of sp³-hybridized carbons (Fsp3) is 0.185. The molecule has 2 heteroatoms. The van der Waals surface area contributed by atoms with Gasteiger partial charge in [-0.25, -0.2) is 0 Å². The monoisotopic (exact) mass is 380 g/mol. The molecule has 5 rings (SSSR count). The second-order valence-electron chi connectivity index (χ2n) is 7.89. The summed E-state index contributed by atoms with van der Waals surface area (Å²) in [5.74, 6) is 1.83. The highest BCUT2D eigenvalue weighted by Crippen LogP contribution is 2.58. The fourth-order valence-corrected chi connectivity index (χ4v) is 4.82. The van der Waals surface area contributed by atoms with Gasteiger partial charge in [-0.2, -0.15) is 0 Å². The first-order valence-corrected chi connectivity index (χ1v) is 10.1. The first-order valence-electron chi connectivity index (χ1n) is 10.1. The van der Waals surface area contributed by atoms with Crippen molar-refractivity contribution in [1.82, 2.24) is 0 Å². The van der Waals surface area contributed by atoms with Crippen LogP contribution < -0.4 is 4.74 Å². The molecule has 144 valence electrons. The molecule has 0 spiro atoms. The summed E-state index contributed by atoms with van der Waals surface area (Å²) in [6, 6.07) is 12.9. The number of hydrogen-bond donors (Lipinski definition) is 0. The van der Waals surface area contributed by atoms with Gasteiger partial charge in [-0.1, -0.05) is 42.5 Å². The minimum atomic E-state index is -0.271. The molecule has 2 atom stereocenters. The van der Waals surface area contributed by atoms with Crippen molar-refractivity contribution in [3.8, 4) is 5.75 Å². The second-order valence-corrected chi connectivity index (χ2v) is 7.89. The van der Waals surface area contributed by atoms with E-state index in [1.54, 1.807) is 0 Å². The predicted molar refractivity (Wildman–Crippen MR) is 119 cm³/mol. The van der Waals surface area contributed by atoms with E-state index in [1.165, 1.54) is 16.7 Å². The second kappa shape index (κ2) is 6.66. The zero-order valence-corrected chi connectivity index (χ0v) is 16.5. The lowest BCUT2D eigenvalue weighted by Crippen LogP contribution is -2.31. The third-order valence-corrected chi connectivity index (χ3v) is 6.11. The molecule has 0 bridgehead atoms. The van der Waals surface area contributed by atoms with Crippen LogP contribution in [0.15, 0.2) is 84.9 Å². The quantitative estimate of drug-likeness (QED) is 0.436. The highest BCUT2D eigenvalue weighted by molar-refractivity contribution is 5.88. The Kier molecular flexibility index (Phi) is 4.09. The fourth-order valence-electron chi connectivity index (χ4n) is 4.82. The number of fused-ring (bicyclic) bond motifs is 7. The van der Waals surface area contributed by atoms with Crippen molar-refractivity contribution >= 4 is 17.0 Å². The van der Waals surface area contributed by atoms with Crippen molar-refractivity contribution in [2.75, 3.05) is 0 Å². The van der Waals surface area contributed by atoms with Crippen molar-refractivity contribution in [2.45, 2.75) is 30.8 Å². The van der Waals surface area contributed by atoms with Gasteiger partial charge in [-0.3, -0.25) is 0 Å². The van der Waals surface area contributed by atoms with Crippen LogP contribution in [0.1, 0.15) is 40.5 Å². The summed E-state index contributed by atoms with van der Waals surface area (Å²) in [5.41, 5.74) is 5.46. The Balaban J connectivity index is 1.72. The summed E-state index contributed by atoms with van der Waals surface area (Å²) in [7, 11) is 0. The van der Waals surface area contributed by atoms with Gasteiger partial charge in [0.15, 0.2) is 0 Å². The molecule has 2 nitrogen and oxygen atoms in total. The van der Waals surface area contributed by atoms with Crippen LogP contribution in [0.2, 0.25) is 0 Å². The number of benzene rings is 2. The van der Waals surface area contributed by atoms with Gasteiger partial charge < -0.3 is 9.15 Å². The molecule has 0 saturated heterocycles. The minimum absolute atomic E-state index is 0.130. The van der Waals surface area contributed by atoms with E-state index in [4.69, 9.17) is 9.15 Å². The van der Waals surface area contributed by atoms with Crippen molar-refractivity contribution in [3.63, 3.8) is 0 Å². The molecule has 0 amide bonds. The smallest absolute Gasteiger partial charge is 0.142 e. The van der Waals surface area contributed by atoms with Gasteiger partial charge in [0.05, 0.1) is 5.41 Å². The largest absolute Gasteiger partial charge is 0.484 e. The molecule has 2 heterocycles. The van der Waals surface area contributed by atoms with E-state index in [-0.39, 0.29) is 11.5 Å². The molecular formula is C27H24O2. The van der Waals surface area contributed by atoms with Crippen LogP contribution in [-0.2, 0) is 18.3 Å². The molecular weight excluding hydrogens is 356 g/mol. The zero-order valence-electron chi connectivity index (χ0n) is 16.5. The van der Waals surface area contributed by atoms with E-state index in [1.807, 2.05) is 18.2 Å². The zero-order chi connectivity index (χ0) is 20.0. The Morgan fingerprint density at radius 2 is 1.69 bits per heavy atom. The SMILES string of the molecule is C=CCc1ccc2c(c1)[C@]1(CC=C)C=Cc3oc4ccc(CC=C)cc4c3[C@@H]1O2. The average molecular weight is 380 g/mol. The lowest BCUT2D eigenvalue weighted by Gasteiger charge is -2.33. The third kappa shape index (κ3) is 2.56. The summed E-state index contributed by atoms with van der Waals surface area (Å²) >= 11 is 0. The van der Waals surface area contributed by atoms with Crippen LogP contribution >= 0.6 is 0 Å². The van der Waals surface area contributed by atoms with Gasteiger partial charge in [0.25, 0.3) is 0 Å². The highest BCUT2D eigenvalue weighted by atomic mass is 16.5. The average Bonchev–Trinajstić information content (AvgIpc) is 3.24. The first kappa shape index (κ1) is 17.8. The molecule has 1 aliphatic heterocycles. The van der Waals surface area contributed by atoms with Crippen LogP contribution in [0.5, 0.6) is 5.75 Å². The molecule has 1 aromatic heterocycles. The summed E-state index contributed by atoms with van der Waals surface area (Å²) in [6.07, 6.45) is 12.6. The molecule has 2 aromatic carbocycles. The molecule has 0 saturated carbocycles. The van der Waals surface area contributed by atoms with Crippen molar-refractivity contribution in [3.05, 3.63) is 108 Å². The van der Waals surface area contributed by atoms with Crippen LogP contribution in [0.4, 0.5) is 0 Å². The topological polar surface area (TPSA) is 22.4 Å². The lowest BCUT2D eigenvalue weighted by molar-refractivity contribution is 0.173. The summed E-state index contributed by atoms with van der Waals surface area (Å²) < 4.78 is 12.8. The number of hydrogen-bond acceptors (Lipinski definition) is 2. The van der Waals surface area contributed by atoms with Crippen LogP contribution in [0, 0.1) is 0 Å². The standard InChI is InChI=1S/C27H24O2/c1-4-7-18-9-11-22-20(16-18)25-24(28-22)13-15-27(14-6-3)21-17-19(8-5-2)10-12-23(21)29-26(25)27/h4-6,9-13,15-17,26H,1-3,7-8,14H2/t26-,27-/m0/s1. The number of ether oxygens (including phenoxy) is 1. The van der Waals surface area contributed by atoms with E-state index >= 15 is 0 Å². The van der Waals surface area contributed by atoms with Gasteiger partial charge in [0.1, 0.15) is 23.2 Å². The van der Waals surface area contributed by atoms with Crippen LogP contribution in [0.25, 0.3) is 17.0 Å². The van der Waals surface area contributed by atoms with Crippen LogP contribution in [-0.4, -0.2) is 0 Å². The minimum Gasteiger partial charge on any atom is -0.484 e. The third-order valence-electron chi connectivity index (χ3n) is 6.11. The van der Waals surface area contributed by atoms with Crippen molar-refractivity contribution in [2.24, 2.45) is 0 Å². The van der Waals surface area contributed by atoms with E-state index in [0.717, 1.165) is 47.3 Å². The lowest BCUT2D eigenvalue weighted by atomic mass is 9.69. The van der Waals surface area contributed by atoms with Gasteiger partial charge in [0, 0.05) is 16.5 Å². The summed E-state index contributed by atoms with van der Waals surface area (Å²) in [5, 5.41) is 1.13. The number of rotatable bonds is 6. The molecule has 1 aliphatic carbocycles. The van der Waals surface area contributed by atoms with E-state index in [0.29, 0.717) is 0 Å². The maximum absolute atomic E-state index is 6.59. The molecule has 0 fully saturated rings. The molecule has 0 radical (unpaired) electrons. The van der Waals surface area contributed by atoms with E-state index in [9.17, 15) is 0 Å². The molecule has 29 heavy (non-hydrogen) atoms. The highest BCUT2D eigenvalue weighted by Gasteiger charge is 2.51. The maximum Gasteiger partial charge on any atom is 0.142 e. The number of furan rings is 1. The van der Waals surface area contributed by atoms with Gasteiger partial charge in [-0.05, 0) is 54.7 Å². The van der Waals surface area contributed by atoms with Crippen molar-refractivity contribution < 1.29 is 9.15 Å². The molecule has 0 N–H and O–H groups in total. The molecule has 0 unspecified atom stereocenters. The Morgan fingerprint density at radius 3 is 2.45 bits per heavy atom. The van der Waals surface area contributed by atoms with E-state index in [2.05, 4.69) is 68.3 Å². The molecule has 3 aromatic rings. The Bertz CT molecular complexity index is 1180. The Morgan fingerprint density at radius 1 is 0.931 bits per heavy atom. The van der Waals surface area contributed by atoms with Gasteiger partial charge in [-0.15, -0.1) is 19.7 Å². The van der Waals surface area contributed by atoms with Crippen molar-refractivity contribution in [1.29, 1.82) is 0 Å². The molecule has 2 aliphatic rings. The van der Waals surface area contributed by atoms with E-state index < -0.39 is 0 Å². The van der Waals surface area contributed by atoms with Crippen LogP contribution in [0.3, 0.4) is 0 Å². The summed E-state index contributed by atoms with van der Waals surface area (Å²) in [6.45, 7) is 11.8. The number of allylic oxidation sites excluding steroid dienone is 3. The Labute approximate surface area is 171 Å². The van der Waals surface area contributed by atoms with Gasteiger partial charge >= 0.3 is 0 Å². The predicted octanol–water partition coefficient (Wildman–Crippen LogP) is 6.86. The summed E-state index contributed by atoms with van der Waals surface area (Å²) in [4.78, 5) is 0. The normalized spacial score (nSPS) is 21.2. The Hall–Kier alpha value is -3.26. The first-order chi connectivity index (χ1) is 14.2.